The molecule has 0 saturated heterocycles. The lowest BCUT2D eigenvalue weighted by Crippen LogP contribution is -2.25. The number of hydrogen-bond donors (Lipinski definition) is 1. The molecule has 0 fully saturated rings. The molecule has 1 N–H and O–H groups in total. The van der Waals surface area contributed by atoms with Crippen LogP contribution in [-0.2, 0) is 19.1 Å². The average molecular weight is 373 g/mol. The zero-order valence-corrected chi connectivity index (χ0v) is 17.0. The van der Waals surface area contributed by atoms with Gasteiger partial charge >= 0.3 is 11.9 Å². The zero-order valence-electron chi connectivity index (χ0n) is 17.0. The van der Waals surface area contributed by atoms with E-state index in [1.165, 1.54) is 38.5 Å². The molecule has 0 heterocycles. The van der Waals surface area contributed by atoms with Gasteiger partial charge in [0.15, 0.2) is 0 Å². The van der Waals surface area contributed by atoms with Crippen molar-refractivity contribution in [2.75, 3.05) is 13.2 Å². The zero-order chi connectivity index (χ0) is 19.5. The highest BCUT2D eigenvalue weighted by molar-refractivity contribution is 5.69. The maximum atomic E-state index is 11.6. The van der Waals surface area contributed by atoms with E-state index >= 15 is 0 Å². The van der Waals surface area contributed by atoms with Crippen LogP contribution in [-0.4, -0.2) is 36.4 Å². The molecule has 0 spiro atoms. The third-order valence-electron chi connectivity index (χ3n) is 4.34. The fourth-order valence-corrected chi connectivity index (χ4v) is 2.67. The number of aliphatic hydroxyl groups excluding tert-OH is 1. The van der Waals surface area contributed by atoms with Crippen LogP contribution in [0.1, 0.15) is 104 Å². The summed E-state index contributed by atoms with van der Waals surface area (Å²) in [5.41, 5.74) is 0. The van der Waals surface area contributed by atoms with Gasteiger partial charge in [0.1, 0.15) is 19.3 Å². The SMILES string of the molecule is CCCCCCCCC(=O)OCC(O)COC(=O)CCCCCCCC. The number of aliphatic hydroxyl groups is 1. The van der Waals surface area contributed by atoms with Crippen molar-refractivity contribution in [3.05, 3.63) is 0 Å². The van der Waals surface area contributed by atoms with E-state index < -0.39 is 6.10 Å². The number of carbonyl (C=O) groups excluding carboxylic acids is 2. The minimum atomic E-state index is -0.947. The van der Waals surface area contributed by atoms with E-state index in [9.17, 15) is 14.7 Å². The van der Waals surface area contributed by atoms with Crippen molar-refractivity contribution in [2.24, 2.45) is 0 Å². The van der Waals surface area contributed by atoms with Crippen LogP contribution in [0.15, 0.2) is 0 Å². The van der Waals surface area contributed by atoms with Crippen LogP contribution in [0, 0.1) is 0 Å². The first-order valence-electron chi connectivity index (χ1n) is 10.6. The molecule has 0 aromatic heterocycles. The molecular weight excluding hydrogens is 332 g/mol. The third-order valence-corrected chi connectivity index (χ3v) is 4.34. The van der Waals surface area contributed by atoms with Gasteiger partial charge in [-0.25, -0.2) is 0 Å². The van der Waals surface area contributed by atoms with Gasteiger partial charge in [-0.05, 0) is 12.8 Å². The van der Waals surface area contributed by atoms with Crippen LogP contribution in [0.5, 0.6) is 0 Å². The molecule has 5 heteroatoms. The molecule has 0 aliphatic carbocycles. The smallest absolute Gasteiger partial charge is 0.305 e. The largest absolute Gasteiger partial charge is 0.463 e. The summed E-state index contributed by atoms with van der Waals surface area (Å²) in [6, 6.07) is 0. The van der Waals surface area contributed by atoms with Crippen molar-refractivity contribution in [2.45, 2.75) is 110 Å². The summed E-state index contributed by atoms with van der Waals surface area (Å²) >= 11 is 0. The van der Waals surface area contributed by atoms with Gasteiger partial charge in [-0.15, -0.1) is 0 Å². The number of hydrogen-bond acceptors (Lipinski definition) is 5. The summed E-state index contributed by atoms with van der Waals surface area (Å²) in [6.07, 6.45) is 13.2. The fraction of sp³-hybridized carbons (Fsp3) is 0.905. The topological polar surface area (TPSA) is 72.8 Å². The third kappa shape index (κ3) is 17.7. The van der Waals surface area contributed by atoms with Crippen LogP contribution < -0.4 is 0 Å². The molecule has 0 aromatic carbocycles. The van der Waals surface area contributed by atoms with Crippen LogP contribution in [0.25, 0.3) is 0 Å². The van der Waals surface area contributed by atoms with E-state index in [1.807, 2.05) is 0 Å². The summed E-state index contributed by atoms with van der Waals surface area (Å²) in [4.78, 5) is 23.2. The summed E-state index contributed by atoms with van der Waals surface area (Å²) in [5.74, 6) is -0.587. The molecule has 0 aromatic rings. The Hall–Kier alpha value is -1.10. The Morgan fingerprint density at radius 1 is 0.654 bits per heavy atom. The van der Waals surface area contributed by atoms with E-state index in [-0.39, 0.29) is 25.2 Å². The van der Waals surface area contributed by atoms with Gasteiger partial charge in [0.25, 0.3) is 0 Å². The molecule has 0 aliphatic heterocycles. The monoisotopic (exact) mass is 372 g/mol. The van der Waals surface area contributed by atoms with Gasteiger partial charge in [-0.3, -0.25) is 9.59 Å². The first-order valence-corrected chi connectivity index (χ1v) is 10.6. The molecule has 26 heavy (non-hydrogen) atoms. The van der Waals surface area contributed by atoms with Crippen molar-refractivity contribution in [3.8, 4) is 0 Å². The Morgan fingerprint density at radius 3 is 1.38 bits per heavy atom. The van der Waals surface area contributed by atoms with Gasteiger partial charge < -0.3 is 14.6 Å². The molecule has 0 rings (SSSR count). The number of esters is 2. The van der Waals surface area contributed by atoms with E-state index in [4.69, 9.17) is 9.47 Å². The fourth-order valence-electron chi connectivity index (χ4n) is 2.67. The molecule has 0 bridgehead atoms. The Balaban J connectivity index is 3.50. The van der Waals surface area contributed by atoms with Gasteiger partial charge in [0, 0.05) is 12.8 Å². The highest BCUT2D eigenvalue weighted by atomic mass is 16.6. The van der Waals surface area contributed by atoms with Gasteiger partial charge in [0.05, 0.1) is 0 Å². The van der Waals surface area contributed by atoms with Crippen molar-refractivity contribution >= 4 is 11.9 Å². The Kier molecular flexibility index (Phi) is 17.9. The Bertz CT molecular complexity index is 311. The maximum Gasteiger partial charge on any atom is 0.305 e. The summed E-state index contributed by atoms with van der Waals surface area (Å²) < 4.78 is 10.0. The molecule has 0 radical (unpaired) electrons. The molecule has 0 aliphatic rings. The number of rotatable bonds is 18. The first kappa shape index (κ1) is 24.9. The van der Waals surface area contributed by atoms with Crippen LogP contribution in [0.4, 0.5) is 0 Å². The standard InChI is InChI=1S/C21H40O5/c1-3-5-7-9-11-13-15-20(23)25-17-19(22)18-26-21(24)16-14-12-10-8-6-4-2/h19,22H,3-18H2,1-2H3. The highest BCUT2D eigenvalue weighted by Crippen LogP contribution is 2.09. The molecular formula is C21H40O5. The predicted molar refractivity (Wildman–Crippen MR) is 104 cm³/mol. The van der Waals surface area contributed by atoms with E-state index in [0.29, 0.717) is 12.8 Å². The number of ether oxygens (including phenoxy) is 2. The normalized spacial score (nSPS) is 10.9. The van der Waals surface area contributed by atoms with E-state index in [1.54, 1.807) is 0 Å². The van der Waals surface area contributed by atoms with Crippen LogP contribution in [0.2, 0.25) is 0 Å². The minimum absolute atomic E-state index is 0.112. The molecule has 0 atom stereocenters. The summed E-state index contributed by atoms with van der Waals surface area (Å²) in [7, 11) is 0. The minimum Gasteiger partial charge on any atom is -0.463 e. The molecule has 0 unspecified atom stereocenters. The highest BCUT2D eigenvalue weighted by Gasteiger charge is 2.11. The van der Waals surface area contributed by atoms with Gasteiger partial charge in [-0.1, -0.05) is 78.1 Å². The molecule has 5 nitrogen and oxygen atoms in total. The molecule has 0 amide bonds. The summed E-state index contributed by atoms with van der Waals surface area (Å²) in [6.45, 7) is 4.13. The van der Waals surface area contributed by atoms with Crippen LogP contribution in [0.3, 0.4) is 0 Å². The number of carbonyl (C=O) groups is 2. The predicted octanol–water partition coefficient (Wildman–Crippen LogP) is 4.93. The summed E-state index contributed by atoms with van der Waals surface area (Å²) in [5, 5.41) is 9.73. The Morgan fingerprint density at radius 2 is 1.00 bits per heavy atom. The second-order valence-corrected chi connectivity index (χ2v) is 7.06. The second kappa shape index (κ2) is 18.7. The lowest BCUT2D eigenvalue weighted by Gasteiger charge is -2.12. The molecule has 0 saturated carbocycles. The number of unbranched alkanes of at least 4 members (excludes halogenated alkanes) is 10. The first-order chi connectivity index (χ1) is 12.6. The van der Waals surface area contributed by atoms with Gasteiger partial charge in [-0.2, -0.15) is 0 Å². The average Bonchev–Trinajstić information content (AvgIpc) is 2.64. The van der Waals surface area contributed by atoms with Crippen molar-refractivity contribution in [3.63, 3.8) is 0 Å². The van der Waals surface area contributed by atoms with E-state index in [0.717, 1.165) is 38.5 Å². The van der Waals surface area contributed by atoms with Crippen molar-refractivity contribution < 1.29 is 24.2 Å². The van der Waals surface area contributed by atoms with Gasteiger partial charge in [0.2, 0.25) is 0 Å². The van der Waals surface area contributed by atoms with Crippen molar-refractivity contribution in [1.82, 2.24) is 0 Å². The Labute approximate surface area is 159 Å². The maximum absolute atomic E-state index is 11.6. The lowest BCUT2D eigenvalue weighted by molar-refractivity contribution is -0.152. The van der Waals surface area contributed by atoms with Crippen molar-refractivity contribution in [1.29, 1.82) is 0 Å². The van der Waals surface area contributed by atoms with Crippen LogP contribution >= 0.6 is 0 Å². The lowest BCUT2D eigenvalue weighted by atomic mass is 10.1. The quantitative estimate of drug-likeness (QED) is 0.273. The molecule has 154 valence electrons. The second-order valence-electron chi connectivity index (χ2n) is 7.06. The van der Waals surface area contributed by atoms with E-state index in [2.05, 4.69) is 13.8 Å².